The van der Waals surface area contributed by atoms with Crippen LogP contribution in [-0.4, -0.2) is 52.3 Å². The molecule has 1 aromatic carbocycles. The molecule has 0 bridgehead atoms. The summed E-state index contributed by atoms with van der Waals surface area (Å²) >= 11 is 0. The molecule has 0 unspecified atom stereocenters. The number of aliphatic carboxylic acids is 1. The number of aryl methyl sites for hydroxylation is 1. The highest BCUT2D eigenvalue weighted by atomic mass is 16.5. The van der Waals surface area contributed by atoms with Crippen LogP contribution in [0.3, 0.4) is 0 Å². The molecule has 1 heterocycles. The van der Waals surface area contributed by atoms with Gasteiger partial charge in [-0.25, -0.2) is 4.79 Å². The van der Waals surface area contributed by atoms with Crippen molar-refractivity contribution in [1.82, 2.24) is 4.90 Å². The van der Waals surface area contributed by atoms with E-state index in [-0.39, 0.29) is 38.4 Å². The fourth-order valence-electron chi connectivity index (χ4n) is 2.51. The number of carbonyl (C=O) groups is 2. The number of rotatable bonds is 5. The number of carboxylic acids is 1. The first kappa shape index (κ1) is 16.3. The van der Waals surface area contributed by atoms with Crippen LogP contribution in [0.1, 0.15) is 25.3 Å². The summed E-state index contributed by atoms with van der Waals surface area (Å²) in [5.41, 5.74) is -0.680. The predicted octanol–water partition coefficient (Wildman–Crippen LogP) is 1.07. The first-order valence-electron chi connectivity index (χ1n) is 7.40. The van der Waals surface area contributed by atoms with Crippen LogP contribution in [0.25, 0.3) is 0 Å². The lowest BCUT2D eigenvalue weighted by Crippen LogP contribution is -2.51. The van der Waals surface area contributed by atoms with Crippen LogP contribution in [0.2, 0.25) is 0 Å². The molecule has 0 atom stereocenters. The minimum Gasteiger partial charge on any atom is -0.483 e. The van der Waals surface area contributed by atoms with Crippen LogP contribution in [0.4, 0.5) is 0 Å². The molecule has 2 rings (SSSR count). The van der Waals surface area contributed by atoms with Crippen molar-refractivity contribution in [2.75, 3.05) is 19.7 Å². The second kappa shape index (κ2) is 6.79. The van der Waals surface area contributed by atoms with Crippen LogP contribution in [-0.2, 0) is 16.0 Å². The summed E-state index contributed by atoms with van der Waals surface area (Å²) in [5.74, 6) is -0.733. The normalized spacial score (nSPS) is 17.1. The number of piperidine rings is 1. The molecular formula is C16H21NO5. The van der Waals surface area contributed by atoms with Crippen molar-refractivity contribution in [3.05, 3.63) is 29.8 Å². The highest BCUT2D eigenvalue weighted by Gasteiger charge is 2.40. The van der Waals surface area contributed by atoms with Crippen molar-refractivity contribution < 1.29 is 24.5 Å². The van der Waals surface area contributed by atoms with Gasteiger partial charge in [0, 0.05) is 25.9 Å². The number of benzene rings is 1. The molecule has 6 heteroatoms. The van der Waals surface area contributed by atoms with Gasteiger partial charge in [-0.05, 0) is 18.1 Å². The Kier molecular flexibility index (Phi) is 5.03. The second-order valence-corrected chi connectivity index (χ2v) is 5.47. The monoisotopic (exact) mass is 307 g/mol. The molecule has 0 aromatic heterocycles. The third kappa shape index (κ3) is 3.57. The van der Waals surface area contributed by atoms with E-state index in [1.165, 1.54) is 4.90 Å². The van der Waals surface area contributed by atoms with E-state index in [1.54, 1.807) is 0 Å². The minimum atomic E-state index is -1.72. The van der Waals surface area contributed by atoms with Gasteiger partial charge in [0.1, 0.15) is 5.75 Å². The Morgan fingerprint density at radius 1 is 1.27 bits per heavy atom. The number of ether oxygens (including phenoxy) is 1. The molecule has 1 amide bonds. The topological polar surface area (TPSA) is 87.1 Å². The lowest BCUT2D eigenvalue weighted by atomic mass is 9.91. The first-order chi connectivity index (χ1) is 10.5. The molecule has 0 spiro atoms. The van der Waals surface area contributed by atoms with Gasteiger partial charge in [-0.3, -0.25) is 4.79 Å². The number of hydrogen-bond acceptors (Lipinski definition) is 4. The van der Waals surface area contributed by atoms with E-state index in [0.29, 0.717) is 5.75 Å². The van der Waals surface area contributed by atoms with Gasteiger partial charge in [-0.2, -0.15) is 0 Å². The molecule has 1 saturated heterocycles. The molecule has 0 aliphatic carbocycles. The smallest absolute Gasteiger partial charge is 0.335 e. The minimum absolute atomic E-state index is 0.0413. The van der Waals surface area contributed by atoms with Crippen molar-refractivity contribution in [1.29, 1.82) is 0 Å². The maximum atomic E-state index is 12.1. The fraction of sp³-hybridized carbons (Fsp3) is 0.500. The van der Waals surface area contributed by atoms with E-state index in [1.807, 2.05) is 31.2 Å². The molecule has 6 nitrogen and oxygen atoms in total. The predicted molar refractivity (Wildman–Crippen MR) is 79.7 cm³/mol. The Balaban J connectivity index is 1.88. The Bertz CT molecular complexity index is 549. The van der Waals surface area contributed by atoms with Gasteiger partial charge in [0.05, 0.1) is 0 Å². The molecule has 1 aliphatic rings. The Morgan fingerprint density at radius 3 is 2.50 bits per heavy atom. The summed E-state index contributed by atoms with van der Waals surface area (Å²) in [6, 6.07) is 7.55. The number of nitrogens with zero attached hydrogens (tertiary/aromatic N) is 1. The average molecular weight is 307 g/mol. The zero-order valence-corrected chi connectivity index (χ0v) is 12.6. The first-order valence-corrected chi connectivity index (χ1v) is 7.40. The molecule has 1 fully saturated rings. The largest absolute Gasteiger partial charge is 0.483 e. The highest BCUT2D eigenvalue weighted by Crippen LogP contribution is 2.23. The number of likely N-dealkylation sites (tertiary alicyclic amines) is 1. The number of aliphatic hydroxyl groups is 1. The van der Waals surface area contributed by atoms with E-state index in [2.05, 4.69) is 0 Å². The van der Waals surface area contributed by atoms with E-state index in [9.17, 15) is 14.7 Å². The van der Waals surface area contributed by atoms with Crippen LogP contribution < -0.4 is 4.74 Å². The standard InChI is InChI=1S/C16H21NO5/c1-2-12-5-3-4-6-13(12)22-11-14(18)17-9-7-16(21,8-10-17)15(19)20/h3-6,21H,2,7-11H2,1H3,(H,19,20). The van der Waals surface area contributed by atoms with Gasteiger partial charge in [0.15, 0.2) is 12.2 Å². The SMILES string of the molecule is CCc1ccccc1OCC(=O)N1CCC(O)(C(=O)O)CC1. The van der Waals surface area contributed by atoms with Crippen LogP contribution in [0, 0.1) is 0 Å². The quantitative estimate of drug-likeness (QED) is 0.849. The molecular weight excluding hydrogens is 286 g/mol. The van der Waals surface area contributed by atoms with Crippen molar-refractivity contribution in [3.8, 4) is 5.75 Å². The molecule has 1 aliphatic heterocycles. The third-order valence-electron chi connectivity index (χ3n) is 4.05. The van der Waals surface area contributed by atoms with Gasteiger partial charge in [0.2, 0.25) is 0 Å². The number of para-hydroxylation sites is 1. The zero-order valence-electron chi connectivity index (χ0n) is 12.6. The lowest BCUT2D eigenvalue weighted by molar-refractivity contribution is -0.165. The summed E-state index contributed by atoms with van der Waals surface area (Å²) in [6.45, 7) is 2.38. The molecule has 0 saturated carbocycles. The summed E-state index contributed by atoms with van der Waals surface area (Å²) < 4.78 is 5.57. The number of amides is 1. The average Bonchev–Trinajstić information content (AvgIpc) is 2.53. The number of carboxylic acid groups (broad SMARTS) is 1. The molecule has 120 valence electrons. The molecule has 1 aromatic rings. The Labute approximate surface area is 129 Å². The van der Waals surface area contributed by atoms with Crippen molar-refractivity contribution >= 4 is 11.9 Å². The fourth-order valence-corrected chi connectivity index (χ4v) is 2.51. The van der Waals surface area contributed by atoms with Gasteiger partial charge >= 0.3 is 5.97 Å². The molecule has 2 N–H and O–H groups in total. The van der Waals surface area contributed by atoms with Crippen LogP contribution >= 0.6 is 0 Å². The molecule has 0 radical (unpaired) electrons. The van der Waals surface area contributed by atoms with Gasteiger partial charge < -0.3 is 19.8 Å². The summed E-state index contributed by atoms with van der Waals surface area (Å²) in [5, 5.41) is 18.8. The van der Waals surface area contributed by atoms with E-state index < -0.39 is 11.6 Å². The van der Waals surface area contributed by atoms with E-state index in [0.717, 1.165) is 12.0 Å². The maximum absolute atomic E-state index is 12.1. The lowest BCUT2D eigenvalue weighted by Gasteiger charge is -2.35. The van der Waals surface area contributed by atoms with Gasteiger partial charge in [-0.15, -0.1) is 0 Å². The number of hydrogen-bond donors (Lipinski definition) is 2. The van der Waals surface area contributed by atoms with E-state index in [4.69, 9.17) is 9.84 Å². The van der Waals surface area contributed by atoms with Crippen molar-refractivity contribution in [2.24, 2.45) is 0 Å². The van der Waals surface area contributed by atoms with Crippen LogP contribution in [0.15, 0.2) is 24.3 Å². The van der Waals surface area contributed by atoms with Crippen molar-refractivity contribution in [3.63, 3.8) is 0 Å². The van der Waals surface area contributed by atoms with Crippen LogP contribution in [0.5, 0.6) is 5.75 Å². The van der Waals surface area contributed by atoms with Gasteiger partial charge in [-0.1, -0.05) is 25.1 Å². The summed E-state index contributed by atoms with van der Waals surface area (Å²) in [6.07, 6.45) is 0.902. The zero-order chi connectivity index (χ0) is 16.2. The second-order valence-electron chi connectivity index (χ2n) is 5.47. The van der Waals surface area contributed by atoms with Crippen molar-refractivity contribution in [2.45, 2.75) is 31.8 Å². The maximum Gasteiger partial charge on any atom is 0.335 e. The highest BCUT2D eigenvalue weighted by molar-refractivity contribution is 5.80. The third-order valence-corrected chi connectivity index (χ3v) is 4.05. The van der Waals surface area contributed by atoms with E-state index >= 15 is 0 Å². The number of carbonyl (C=O) groups excluding carboxylic acids is 1. The summed E-state index contributed by atoms with van der Waals surface area (Å²) in [4.78, 5) is 24.6. The Morgan fingerprint density at radius 2 is 1.91 bits per heavy atom. The summed E-state index contributed by atoms with van der Waals surface area (Å²) in [7, 11) is 0. The molecule has 22 heavy (non-hydrogen) atoms. The Hall–Kier alpha value is -2.08. The van der Waals surface area contributed by atoms with Gasteiger partial charge in [0.25, 0.3) is 5.91 Å².